The van der Waals surface area contributed by atoms with E-state index in [9.17, 15) is 14.4 Å². The summed E-state index contributed by atoms with van der Waals surface area (Å²) in [5, 5.41) is 8.78. The topological polar surface area (TPSA) is 87.6 Å². The monoisotopic (exact) mass is 260 g/mol. The molecule has 2 heterocycles. The lowest BCUT2D eigenvalue weighted by atomic mass is 10.1. The van der Waals surface area contributed by atoms with Crippen LogP contribution in [-0.4, -0.2) is 27.9 Å². The van der Waals surface area contributed by atoms with Crippen molar-refractivity contribution in [1.82, 2.24) is 4.98 Å². The molecule has 0 bridgehead atoms. The van der Waals surface area contributed by atoms with Crippen LogP contribution in [0.1, 0.15) is 24.2 Å². The summed E-state index contributed by atoms with van der Waals surface area (Å²) < 4.78 is 0. The molecule has 1 N–H and O–H groups in total. The van der Waals surface area contributed by atoms with Gasteiger partial charge in [0.25, 0.3) is 0 Å². The molecule has 6 heteroatoms. The maximum absolute atomic E-state index is 12.1. The zero-order valence-corrected chi connectivity index (χ0v) is 10.5. The van der Waals surface area contributed by atoms with Gasteiger partial charge in [0.15, 0.2) is 0 Å². The van der Waals surface area contributed by atoms with E-state index in [-0.39, 0.29) is 40.4 Å². The first-order chi connectivity index (χ1) is 8.85. The summed E-state index contributed by atoms with van der Waals surface area (Å²) in [7, 11) is 0. The van der Waals surface area contributed by atoms with Gasteiger partial charge in [-0.15, -0.1) is 0 Å². The maximum Gasteiger partial charge on any atom is 0.337 e. The number of carbonyl (C=O) groups excluding carboxylic acids is 2. The Kier molecular flexibility index (Phi) is 2.12. The number of carbonyl (C=O) groups is 3. The number of aromatic carboxylic acids is 1. The molecule has 2 atom stereocenters. The van der Waals surface area contributed by atoms with E-state index >= 15 is 0 Å². The minimum absolute atomic E-state index is 0.0216. The number of piperidine rings is 1. The number of carboxylic acid groups (broad SMARTS) is 1. The third-order valence-electron chi connectivity index (χ3n) is 4.02. The lowest BCUT2D eigenvalue weighted by Gasteiger charge is -2.19. The number of hydrogen-bond acceptors (Lipinski definition) is 4. The molecule has 0 aromatic carbocycles. The Bertz CT molecular complexity index is 582. The van der Waals surface area contributed by atoms with Crippen molar-refractivity contribution in [2.45, 2.75) is 13.8 Å². The van der Waals surface area contributed by atoms with Crippen LogP contribution in [0.4, 0.5) is 5.82 Å². The smallest absolute Gasteiger partial charge is 0.337 e. The predicted octanol–water partition coefficient (Wildman–Crippen LogP) is 0.925. The minimum Gasteiger partial charge on any atom is -0.478 e. The Morgan fingerprint density at radius 2 is 1.84 bits per heavy atom. The van der Waals surface area contributed by atoms with Crippen LogP contribution in [-0.2, 0) is 9.59 Å². The Balaban J connectivity index is 1.91. The van der Waals surface area contributed by atoms with Gasteiger partial charge >= 0.3 is 5.97 Å². The zero-order valence-electron chi connectivity index (χ0n) is 10.5. The molecule has 3 rings (SSSR count). The third-order valence-corrected chi connectivity index (χ3v) is 4.02. The molecule has 1 saturated heterocycles. The highest BCUT2D eigenvalue weighted by Crippen LogP contribution is 2.63. The van der Waals surface area contributed by atoms with Crippen LogP contribution in [0.5, 0.6) is 0 Å². The second-order valence-corrected chi connectivity index (χ2v) is 5.50. The summed E-state index contributed by atoms with van der Waals surface area (Å²) in [6, 6.07) is 2.72. The van der Waals surface area contributed by atoms with Gasteiger partial charge in [0, 0.05) is 6.20 Å². The minimum atomic E-state index is -1.10. The van der Waals surface area contributed by atoms with E-state index < -0.39 is 5.97 Å². The SMILES string of the molecule is CC1(C)C2C(=O)N(c3ccc(C(=O)O)cn3)C(=O)C21. The molecule has 2 amide bonds. The number of imide groups is 1. The van der Waals surface area contributed by atoms with Gasteiger partial charge in [0.1, 0.15) is 5.82 Å². The molecule has 2 aliphatic rings. The highest BCUT2D eigenvalue weighted by Gasteiger charge is 2.72. The van der Waals surface area contributed by atoms with Crippen LogP contribution in [0.3, 0.4) is 0 Å². The lowest BCUT2D eigenvalue weighted by Crippen LogP contribution is -2.36. The second kappa shape index (κ2) is 3.40. The summed E-state index contributed by atoms with van der Waals surface area (Å²) in [5.74, 6) is -1.90. The average Bonchev–Trinajstić information content (AvgIpc) is 2.80. The van der Waals surface area contributed by atoms with Crippen LogP contribution < -0.4 is 4.90 Å². The average molecular weight is 260 g/mol. The van der Waals surface area contributed by atoms with Crippen LogP contribution in [0.25, 0.3) is 0 Å². The van der Waals surface area contributed by atoms with Gasteiger partial charge in [0.2, 0.25) is 11.8 Å². The van der Waals surface area contributed by atoms with Crippen LogP contribution in [0, 0.1) is 17.3 Å². The van der Waals surface area contributed by atoms with Crippen molar-refractivity contribution < 1.29 is 19.5 Å². The standard InChI is InChI=1S/C13H12N2O4/c1-13(2)8-9(13)11(17)15(10(8)16)7-4-3-6(5-14-7)12(18)19/h3-5,8-9H,1-2H3,(H,18,19). The van der Waals surface area contributed by atoms with Gasteiger partial charge in [0.05, 0.1) is 17.4 Å². The van der Waals surface area contributed by atoms with E-state index in [4.69, 9.17) is 5.11 Å². The Hall–Kier alpha value is -2.24. The van der Waals surface area contributed by atoms with Gasteiger partial charge in [-0.05, 0) is 17.5 Å². The summed E-state index contributed by atoms with van der Waals surface area (Å²) in [6.45, 7) is 3.80. The fourth-order valence-electron chi connectivity index (χ4n) is 2.82. The molecule has 1 aliphatic heterocycles. The molecule has 19 heavy (non-hydrogen) atoms. The first kappa shape index (κ1) is 11.8. The summed E-state index contributed by atoms with van der Waals surface area (Å²) in [4.78, 5) is 40.0. The van der Waals surface area contributed by atoms with E-state index in [2.05, 4.69) is 4.98 Å². The fraction of sp³-hybridized carbons (Fsp3) is 0.385. The van der Waals surface area contributed by atoms with Crippen molar-refractivity contribution in [3.63, 3.8) is 0 Å². The lowest BCUT2D eigenvalue weighted by molar-refractivity contribution is -0.125. The van der Waals surface area contributed by atoms with Crippen molar-refractivity contribution in [3.05, 3.63) is 23.9 Å². The molecule has 1 aliphatic carbocycles. The molecule has 98 valence electrons. The quantitative estimate of drug-likeness (QED) is 0.799. The predicted molar refractivity (Wildman–Crippen MR) is 64.5 cm³/mol. The Labute approximate surface area is 109 Å². The number of hydrogen-bond donors (Lipinski definition) is 1. The van der Waals surface area contributed by atoms with Crippen LogP contribution in [0.2, 0.25) is 0 Å². The van der Waals surface area contributed by atoms with Crippen molar-refractivity contribution >= 4 is 23.6 Å². The van der Waals surface area contributed by atoms with E-state index in [0.717, 1.165) is 11.1 Å². The molecular weight excluding hydrogens is 248 g/mol. The molecule has 6 nitrogen and oxygen atoms in total. The first-order valence-corrected chi connectivity index (χ1v) is 5.93. The Morgan fingerprint density at radius 1 is 1.26 bits per heavy atom. The summed E-state index contributed by atoms with van der Waals surface area (Å²) in [5.41, 5.74) is -0.237. The molecule has 1 saturated carbocycles. The van der Waals surface area contributed by atoms with Gasteiger partial charge in [-0.25, -0.2) is 14.7 Å². The van der Waals surface area contributed by atoms with Crippen molar-refractivity contribution in [2.75, 3.05) is 4.90 Å². The number of nitrogens with zero attached hydrogens (tertiary/aromatic N) is 2. The number of amides is 2. The largest absolute Gasteiger partial charge is 0.478 e. The van der Waals surface area contributed by atoms with Crippen molar-refractivity contribution in [3.8, 4) is 0 Å². The van der Waals surface area contributed by atoms with E-state index in [1.807, 2.05) is 13.8 Å². The Morgan fingerprint density at radius 3 is 2.26 bits per heavy atom. The molecule has 1 aromatic heterocycles. The molecule has 2 unspecified atom stereocenters. The van der Waals surface area contributed by atoms with E-state index in [1.54, 1.807) is 0 Å². The highest BCUT2D eigenvalue weighted by atomic mass is 16.4. The highest BCUT2D eigenvalue weighted by molar-refractivity contribution is 6.25. The number of rotatable bonds is 2. The molecule has 1 aromatic rings. The van der Waals surface area contributed by atoms with Crippen molar-refractivity contribution in [2.24, 2.45) is 17.3 Å². The normalized spacial score (nSPS) is 27.4. The molecule has 0 spiro atoms. The fourth-order valence-corrected chi connectivity index (χ4v) is 2.82. The number of pyridine rings is 1. The molecule has 2 fully saturated rings. The van der Waals surface area contributed by atoms with Crippen LogP contribution in [0.15, 0.2) is 18.3 Å². The zero-order chi connectivity index (χ0) is 13.9. The maximum atomic E-state index is 12.1. The van der Waals surface area contributed by atoms with Gasteiger partial charge < -0.3 is 5.11 Å². The molecular formula is C13H12N2O4. The van der Waals surface area contributed by atoms with Crippen LogP contribution >= 0.6 is 0 Å². The van der Waals surface area contributed by atoms with E-state index in [1.165, 1.54) is 12.1 Å². The summed E-state index contributed by atoms with van der Waals surface area (Å²) >= 11 is 0. The van der Waals surface area contributed by atoms with Crippen molar-refractivity contribution in [1.29, 1.82) is 0 Å². The number of carboxylic acids is 1. The number of fused-ring (bicyclic) bond motifs is 1. The third kappa shape index (κ3) is 1.43. The second-order valence-electron chi connectivity index (χ2n) is 5.50. The number of anilines is 1. The summed E-state index contributed by atoms with van der Waals surface area (Å²) in [6.07, 6.45) is 1.15. The van der Waals surface area contributed by atoms with Gasteiger partial charge in [-0.3, -0.25) is 9.59 Å². The van der Waals surface area contributed by atoms with Gasteiger partial charge in [-0.2, -0.15) is 0 Å². The first-order valence-electron chi connectivity index (χ1n) is 5.93. The van der Waals surface area contributed by atoms with Gasteiger partial charge in [-0.1, -0.05) is 13.8 Å². The van der Waals surface area contributed by atoms with E-state index in [0.29, 0.717) is 0 Å². The molecule has 0 radical (unpaired) electrons. The number of aromatic nitrogens is 1.